The zero-order chi connectivity index (χ0) is 15.2. The maximum Gasteiger partial charge on any atom is 0.184 e. The third-order valence-electron chi connectivity index (χ3n) is 3.71. The highest BCUT2D eigenvalue weighted by Crippen LogP contribution is 2.31. The van der Waals surface area contributed by atoms with Crippen molar-refractivity contribution in [2.24, 2.45) is 0 Å². The Kier molecular flexibility index (Phi) is 3.65. The number of benzene rings is 1. The molecule has 1 atom stereocenters. The maximum absolute atomic E-state index is 14.1. The van der Waals surface area contributed by atoms with E-state index in [1.165, 1.54) is 10.6 Å². The summed E-state index contributed by atoms with van der Waals surface area (Å²) in [6, 6.07) is 1.99. The molecule has 0 N–H and O–H groups in total. The van der Waals surface area contributed by atoms with Crippen LogP contribution in [0.25, 0.3) is 11.0 Å². The van der Waals surface area contributed by atoms with Crippen LogP contribution in [0.3, 0.4) is 0 Å². The van der Waals surface area contributed by atoms with Crippen LogP contribution in [0.4, 0.5) is 8.78 Å². The van der Waals surface area contributed by atoms with Gasteiger partial charge in [0.15, 0.2) is 21.5 Å². The molecule has 1 aromatic heterocycles. The van der Waals surface area contributed by atoms with Crippen LogP contribution in [0.1, 0.15) is 18.3 Å². The van der Waals surface area contributed by atoms with E-state index in [4.69, 9.17) is 11.6 Å². The molecule has 0 bridgehead atoms. The standard InChI is InChI=1S/C13H13ClF2N2O2S/c14-5-3-11-17-10-2-1-9(15)12(16)13(10)18(11)8-4-6-21(19,20)7-8/h1-2,8H,3-7H2. The van der Waals surface area contributed by atoms with Gasteiger partial charge in [-0.3, -0.25) is 0 Å². The first-order chi connectivity index (χ1) is 9.93. The first-order valence-corrected chi connectivity index (χ1v) is 8.90. The lowest BCUT2D eigenvalue weighted by Crippen LogP contribution is -2.15. The third-order valence-corrected chi connectivity index (χ3v) is 5.65. The van der Waals surface area contributed by atoms with Crippen LogP contribution in [0, 0.1) is 11.6 Å². The number of nitrogens with zero attached hydrogens (tertiary/aromatic N) is 2. The number of fused-ring (bicyclic) bond motifs is 1. The smallest absolute Gasteiger partial charge is 0.184 e. The highest BCUT2D eigenvalue weighted by molar-refractivity contribution is 7.91. The molecule has 2 heterocycles. The Balaban J connectivity index is 2.23. The number of aromatic nitrogens is 2. The molecular formula is C13H13ClF2N2O2S. The largest absolute Gasteiger partial charge is 0.321 e. The van der Waals surface area contributed by atoms with Crippen molar-refractivity contribution >= 4 is 32.5 Å². The van der Waals surface area contributed by atoms with E-state index < -0.39 is 27.5 Å². The van der Waals surface area contributed by atoms with Gasteiger partial charge >= 0.3 is 0 Å². The second kappa shape index (κ2) is 5.21. The molecule has 114 valence electrons. The van der Waals surface area contributed by atoms with Crippen LogP contribution in [0.2, 0.25) is 0 Å². The van der Waals surface area contributed by atoms with Gasteiger partial charge in [-0.15, -0.1) is 11.6 Å². The van der Waals surface area contributed by atoms with Gasteiger partial charge in [0.2, 0.25) is 0 Å². The zero-order valence-electron chi connectivity index (χ0n) is 11.0. The molecule has 1 unspecified atom stereocenters. The molecular weight excluding hydrogens is 322 g/mol. The first-order valence-electron chi connectivity index (χ1n) is 6.54. The van der Waals surface area contributed by atoms with E-state index in [9.17, 15) is 17.2 Å². The lowest BCUT2D eigenvalue weighted by molar-refractivity contribution is 0.497. The Labute approximate surface area is 125 Å². The van der Waals surface area contributed by atoms with E-state index in [0.717, 1.165) is 6.07 Å². The fraction of sp³-hybridized carbons (Fsp3) is 0.462. The minimum absolute atomic E-state index is 0.0252. The van der Waals surface area contributed by atoms with Gasteiger partial charge < -0.3 is 4.57 Å². The summed E-state index contributed by atoms with van der Waals surface area (Å²) in [5, 5.41) is 0. The SMILES string of the molecule is O=S1(=O)CCC(n2c(CCCl)nc3ccc(F)c(F)c32)C1. The van der Waals surface area contributed by atoms with Crippen molar-refractivity contribution in [3.05, 3.63) is 29.6 Å². The predicted molar refractivity (Wildman–Crippen MR) is 76.4 cm³/mol. The van der Waals surface area contributed by atoms with Gasteiger partial charge in [-0.1, -0.05) is 0 Å². The van der Waals surface area contributed by atoms with Crippen LogP contribution in [-0.4, -0.2) is 35.4 Å². The van der Waals surface area contributed by atoms with E-state index in [-0.39, 0.29) is 22.9 Å². The molecule has 21 heavy (non-hydrogen) atoms. The van der Waals surface area contributed by atoms with Crippen LogP contribution in [0.15, 0.2) is 12.1 Å². The molecule has 0 aliphatic carbocycles. The lowest BCUT2D eigenvalue weighted by Gasteiger charge is -2.15. The quantitative estimate of drug-likeness (QED) is 0.810. The van der Waals surface area contributed by atoms with Crippen LogP contribution < -0.4 is 0 Å². The van der Waals surface area contributed by atoms with E-state index in [1.54, 1.807) is 0 Å². The summed E-state index contributed by atoms with van der Waals surface area (Å²) in [6.07, 6.45) is 0.743. The highest BCUT2D eigenvalue weighted by Gasteiger charge is 2.32. The normalized spacial score (nSPS) is 21.2. The molecule has 0 spiro atoms. The number of imidazole rings is 1. The fourth-order valence-electron chi connectivity index (χ4n) is 2.80. The summed E-state index contributed by atoms with van der Waals surface area (Å²) in [4.78, 5) is 4.27. The topological polar surface area (TPSA) is 52.0 Å². The Hall–Kier alpha value is -1.21. The molecule has 1 aliphatic heterocycles. The van der Waals surface area contributed by atoms with Crippen LogP contribution in [0.5, 0.6) is 0 Å². The second-order valence-corrected chi connectivity index (χ2v) is 7.73. The average Bonchev–Trinajstić information content (AvgIpc) is 2.95. The predicted octanol–water partition coefficient (Wildman–Crippen LogP) is 2.46. The average molecular weight is 335 g/mol. The lowest BCUT2D eigenvalue weighted by atomic mass is 10.2. The van der Waals surface area contributed by atoms with Gasteiger partial charge in [0.25, 0.3) is 0 Å². The van der Waals surface area contributed by atoms with Gasteiger partial charge in [0, 0.05) is 12.3 Å². The molecule has 1 saturated heterocycles. The molecule has 0 radical (unpaired) electrons. The van der Waals surface area contributed by atoms with Crippen molar-refractivity contribution in [3.63, 3.8) is 0 Å². The van der Waals surface area contributed by atoms with Crippen molar-refractivity contribution in [2.75, 3.05) is 17.4 Å². The molecule has 1 fully saturated rings. The van der Waals surface area contributed by atoms with E-state index in [0.29, 0.717) is 24.2 Å². The summed E-state index contributed by atoms with van der Waals surface area (Å²) >= 11 is 5.73. The van der Waals surface area contributed by atoms with Crippen molar-refractivity contribution < 1.29 is 17.2 Å². The Morgan fingerprint density at radius 1 is 1.38 bits per heavy atom. The van der Waals surface area contributed by atoms with Gasteiger partial charge in [-0.05, 0) is 18.6 Å². The maximum atomic E-state index is 14.1. The molecule has 8 heteroatoms. The molecule has 4 nitrogen and oxygen atoms in total. The van der Waals surface area contributed by atoms with E-state index in [1.807, 2.05) is 0 Å². The van der Waals surface area contributed by atoms with Gasteiger partial charge in [-0.2, -0.15) is 0 Å². The van der Waals surface area contributed by atoms with Gasteiger partial charge in [0.05, 0.1) is 23.1 Å². The molecule has 2 aromatic rings. The fourth-order valence-corrected chi connectivity index (χ4v) is 4.67. The zero-order valence-corrected chi connectivity index (χ0v) is 12.6. The number of halogens is 3. The number of aryl methyl sites for hydroxylation is 1. The Bertz CT molecular complexity index is 804. The molecule has 1 aliphatic rings. The molecule has 0 saturated carbocycles. The highest BCUT2D eigenvalue weighted by atomic mass is 35.5. The summed E-state index contributed by atoms with van der Waals surface area (Å²) < 4.78 is 52.5. The van der Waals surface area contributed by atoms with Crippen molar-refractivity contribution in [1.29, 1.82) is 0 Å². The summed E-state index contributed by atoms with van der Waals surface area (Å²) in [5.74, 6) is -1.23. The first kappa shape index (κ1) is 14.7. The summed E-state index contributed by atoms with van der Waals surface area (Å²) in [6.45, 7) is 0. The monoisotopic (exact) mass is 334 g/mol. The number of alkyl halides is 1. The van der Waals surface area contributed by atoms with Crippen molar-refractivity contribution in [3.8, 4) is 0 Å². The summed E-state index contributed by atoms with van der Waals surface area (Å²) in [7, 11) is -3.14. The molecule has 0 amide bonds. The van der Waals surface area contributed by atoms with Crippen LogP contribution in [-0.2, 0) is 16.3 Å². The summed E-state index contributed by atoms with van der Waals surface area (Å²) in [5.41, 5.74) is 0.343. The van der Waals surface area contributed by atoms with Gasteiger partial charge in [-0.25, -0.2) is 22.2 Å². The van der Waals surface area contributed by atoms with E-state index >= 15 is 0 Å². The molecule has 1 aromatic carbocycles. The second-order valence-electron chi connectivity index (χ2n) is 5.12. The number of hydrogen-bond acceptors (Lipinski definition) is 3. The molecule has 3 rings (SSSR count). The number of sulfone groups is 1. The Morgan fingerprint density at radius 3 is 2.76 bits per heavy atom. The number of hydrogen-bond donors (Lipinski definition) is 0. The minimum atomic E-state index is -3.14. The van der Waals surface area contributed by atoms with Crippen molar-refractivity contribution in [1.82, 2.24) is 9.55 Å². The third kappa shape index (κ3) is 2.53. The Morgan fingerprint density at radius 2 is 2.14 bits per heavy atom. The van der Waals surface area contributed by atoms with Gasteiger partial charge in [0.1, 0.15) is 11.3 Å². The van der Waals surface area contributed by atoms with Crippen molar-refractivity contribution in [2.45, 2.75) is 18.9 Å². The van der Waals surface area contributed by atoms with E-state index in [2.05, 4.69) is 4.98 Å². The van der Waals surface area contributed by atoms with Crippen LogP contribution >= 0.6 is 11.6 Å². The number of rotatable bonds is 3. The minimum Gasteiger partial charge on any atom is -0.321 e.